The summed E-state index contributed by atoms with van der Waals surface area (Å²) in [5, 5.41) is 3.59. The molecule has 0 heterocycles. The molecule has 0 aromatic heterocycles. The summed E-state index contributed by atoms with van der Waals surface area (Å²) in [7, 11) is 3.41. The van der Waals surface area contributed by atoms with E-state index in [1.54, 1.807) is 14.2 Å². The van der Waals surface area contributed by atoms with E-state index in [2.05, 4.69) is 48.6 Å². The Balaban J connectivity index is 1.76. The molecule has 0 saturated carbocycles. The molecular formula is C23H25NO2. The second-order valence-electron chi connectivity index (χ2n) is 6.28. The number of nitrogens with one attached hydrogen (secondary N) is 1. The number of hydrogen-bond donors (Lipinski definition) is 1. The third-order valence-electron chi connectivity index (χ3n) is 4.55. The number of benzene rings is 3. The first-order chi connectivity index (χ1) is 12.7. The van der Waals surface area contributed by atoms with Gasteiger partial charge in [0, 0.05) is 18.2 Å². The average molecular weight is 347 g/mol. The SMILES string of the molecule is COc1cccc(C(C)NCc2ccc(OC)c(-c3ccccc3)c2)c1. The minimum atomic E-state index is 0.229. The normalized spacial score (nSPS) is 11.8. The van der Waals surface area contributed by atoms with Crippen LogP contribution >= 0.6 is 0 Å². The Morgan fingerprint density at radius 3 is 2.38 bits per heavy atom. The molecule has 134 valence electrons. The quantitative estimate of drug-likeness (QED) is 0.635. The maximum atomic E-state index is 5.54. The topological polar surface area (TPSA) is 30.5 Å². The zero-order chi connectivity index (χ0) is 18.4. The molecule has 3 rings (SSSR count). The standard InChI is InChI=1S/C23H25NO2/c1-17(20-10-7-11-21(15-20)25-2)24-16-18-12-13-23(26-3)22(14-18)19-8-5-4-6-9-19/h4-15,17,24H,16H2,1-3H3. The summed E-state index contributed by atoms with van der Waals surface area (Å²) in [6.07, 6.45) is 0. The van der Waals surface area contributed by atoms with E-state index >= 15 is 0 Å². The maximum Gasteiger partial charge on any atom is 0.126 e. The van der Waals surface area contributed by atoms with Crippen molar-refractivity contribution >= 4 is 0 Å². The molecular weight excluding hydrogens is 322 g/mol. The molecule has 0 aliphatic rings. The van der Waals surface area contributed by atoms with Gasteiger partial charge in [-0.1, -0.05) is 48.5 Å². The highest BCUT2D eigenvalue weighted by atomic mass is 16.5. The summed E-state index contributed by atoms with van der Waals surface area (Å²) in [5.74, 6) is 1.77. The van der Waals surface area contributed by atoms with E-state index in [1.165, 1.54) is 11.1 Å². The molecule has 0 aliphatic heterocycles. The number of rotatable bonds is 7. The molecule has 1 unspecified atom stereocenters. The second-order valence-corrected chi connectivity index (χ2v) is 6.28. The Labute approximate surface area is 155 Å². The molecule has 3 heteroatoms. The summed E-state index contributed by atoms with van der Waals surface area (Å²) in [6.45, 7) is 2.94. The monoisotopic (exact) mass is 347 g/mol. The van der Waals surface area contributed by atoms with Crippen molar-refractivity contribution in [1.82, 2.24) is 5.32 Å². The molecule has 0 saturated heterocycles. The molecule has 1 atom stereocenters. The van der Waals surface area contributed by atoms with E-state index in [0.29, 0.717) is 0 Å². The highest BCUT2D eigenvalue weighted by Gasteiger charge is 2.09. The fourth-order valence-electron chi connectivity index (χ4n) is 3.01. The third-order valence-corrected chi connectivity index (χ3v) is 4.55. The van der Waals surface area contributed by atoms with Gasteiger partial charge in [0.2, 0.25) is 0 Å². The Morgan fingerprint density at radius 2 is 1.65 bits per heavy atom. The van der Waals surface area contributed by atoms with Crippen LogP contribution in [0.25, 0.3) is 11.1 Å². The molecule has 0 bridgehead atoms. The molecule has 3 aromatic rings. The first-order valence-electron chi connectivity index (χ1n) is 8.81. The van der Waals surface area contributed by atoms with Crippen LogP contribution < -0.4 is 14.8 Å². The minimum Gasteiger partial charge on any atom is -0.497 e. The van der Waals surface area contributed by atoms with Crippen LogP contribution in [-0.2, 0) is 6.54 Å². The molecule has 0 spiro atoms. The van der Waals surface area contributed by atoms with Crippen LogP contribution in [0.1, 0.15) is 24.1 Å². The lowest BCUT2D eigenvalue weighted by Gasteiger charge is -2.16. The van der Waals surface area contributed by atoms with Crippen LogP contribution in [0.3, 0.4) is 0 Å². The Morgan fingerprint density at radius 1 is 0.846 bits per heavy atom. The summed E-state index contributed by atoms with van der Waals surface area (Å²) < 4.78 is 10.9. The van der Waals surface area contributed by atoms with Gasteiger partial charge in [0.15, 0.2) is 0 Å². The van der Waals surface area contributed by atoms with E-state index in [4.69, 9.17) is 9.47 Å². The van der Waals surface area contributed by atoms with E-state index in [9.17, 15) is 0 Å². The van der Waals surface area contributed by atoms with Crippen LogP contribution in [0, 0.1) is 0 Å². The number of ether oxygens (including phenoxy) is 2. The van der Waals surface area contributed by atoms with E-state index < -0.39 is 0 Å². The second kappa shape index (κ2) is 8.54. The minimum absolute atomic E-state index is 0.229. The van der Waals surface area contributed by atoms with Gasteiger partial charge in [0.05, 0.1) is 14.2 Å². The van der Waals surface area contributed by atoms with Crippen LogP contribution in [-0.4, -0.2) is 14.2 Å². The lowest BCUT2D eigenvalue weighted by Crippen LogP contribution is -2.18. The van der Waals surface area contributed by atoms with Gasteiger partial charge in [-0.25, -0.2) is 0 Å². The predicted octanol–water partition coefficient (Wildman–Crippen LogP) is 5.22. The molecule has 0 radical (unpaired) electrons. The first kappa shape index (κ1) is 18.0. The Bertz CT molecular complexity index is 846. The fraction of sp³-hybridized carbons (Fsp3) is 0.217. The summed E-state index contributed by atoms with van der Waals surface area (Å²) in [5.41, 5.74) is 4.70. The van der Waals surface area contributed by atoms with Crippen LogP contribution in [0.5, 0.6) is 11.5 Å². The van der Waals surface area contributed by atoms with Crippen molar-refractivity contribution < 1.29 is 9.47 Å². The van der Waals surface area contributed by atoms with Crippen molar-refractivity contribution in [2.75, 3.05) is 14.2 Å². The third kappa shape index (κ3) is 4.24. The van der Waals surface area contributed by atoms with Gasteiger partial charge >= 0.3 is 0 Å². The van der Waals surface area contributed by atoms with Gasteiger partial charge in [-0.3, -0.25) is 0 Å². The van der Waals surface area contributed by atoms with Gasteiger partial charge in [-0.05, 0) is 47.9 Å². The van der Waals surface area contributed by atoms with Gasteiger partial charge in [-0.15, -0.1) is 0 Å². The van der Waals surface area contributed by atoms with Crippen LogP contribution in [0.15, 0.2) is 72.8 Å². The molecule has 1 N–H and O–H groups in total. The number of methoxy groups -OCH3 is 2. The highest BCUT2D eigenvalue weighted by molar-refractivity contribution is 5.71. The van der Waals surface area contributed by atoms with Crippen LogP contribution in [0.2, 0.25) is 0 Å². The zero-order valence-corrected chi connectivity index (χ0v) is 15.5. The van der Waals surface area contributed by atoms with Crippen molar-refractivity contribution in [3.8, 4) is 22.6 Å². The molecule has 3 nitrogen and oxygen atoms in total. The van der Waals surface area contributed by atoms with Crippen molar-refractivity contribution in [2.24, 2.45) is 0 Å². The van der Waals surface area contributed by atoms with Crippen molar-refractivity contribution in [3.05, 3.63) is 83.9 Å². The maximum absolute atomic E-state index is 5.54. The molecule has 26 heavy (non-hydrogen) atoms. The highest BCUT2D eigenvalue weighted by Crippen LogP contribution is 2.31. The van der Waals surface area contributed by atoms with Gasteiger partial charge in [0.25, 0.3) is 0 Å². The molecule has 0 aliphatic carbocycles. The molecule has 3 aromatic carbocycles. The predicted molar refractivity (Wildman–Crippen MR) is 107 cm³/mol. The largest absolute Gasteiger partial charge is 0.497 e. The van der Waals surface area contributed by atoms with Gasteiger partial charge < -0.3 is 14.8 Å². The van der Waals surface area contributed by atoms with E-state index in [-0.39, 0.29) is 6.04 Å². The smallest absolute Gasteiger partial charge is 0.126 e. The van der Waals surface area contributed by atoms with Crippen molar-refractivity contribution in [1.29, 1.82) is 0 Å². The lowest BCUT2D eigenvalue weighted by molar-refractivity contribution is 0.413. The van der Waals surface area contributed by atoms with Gasteiger partial charge in [-0.2, -0.15) is 0 Å². The number of hydrogen-bond acceptors (Lipinski definition) is 3. The van der Waals surface area contributed by atoms with Crippen LogP contribution in [0.4, 0.5) is 0 Å². The van der Waals surface area contributed by atoms with E-state index in [0.717, 1.165) is 29.2 Å². The molecule has 0 amide bonds. The summed E-state index contributed by atoms with van der Waals surface area (Å²) in [4.78, 5) is 0. The van der Waals surface area contributed by atoms with Gasteiger partial charge in [0.1, 0.15) is 11.5 Å². The van der Waals surface area contributed by atoms with E-state index in [1.807, 2.05) is 36.4 Å². The summed E-state index contributed by atoms with van der Waals surface area (Å²) >= 11 is 0. The Kier molecular flexibility index (Phi) is 5.92. The molecule has 0 fully saturated rings. The first-order valence-corrected chi connectivity index (χ1v) is 8.81. The lowest BCUT2D eigenvalue weighted by atomic mass is 10.0. The van der Waals surface area contributed by atoms with Crippen molar-refractivity contribution in [2.45, 2.75) is 19.5 Å². The summed E-state index contributed by atoms with van der Waals surface area (Å²) in [6, 6.07) is 25.1. The van der Waals surface area contributed by atoms with Crippen molar-refractivity contribution in [3.63, 3.8) is 0 Å². The fourth-order valence-corrected chi connectivity index (χ4v) is 3.01. The average Bonchev–Trinajstić information content (AvgIpc) is 2.72. The zero-order valence-electron chi connectivity index (χ0n) is 15.5. The Hall–Kier alpha value is -2.78.